The highest BCUT2D eigenvalue weighted by Gasteiger charge is 2.11. The molecule has 5 rings (SSSR count). The summed E-state index contributed by atoms with van der Waals surface area (Å²) in [5.74, 6) is 0.704. The molecule has 4 aromatic heterocycles. The highest BCUT2D eigenvalue weighted by atomic mass is 16.3. The fourth-order valence-electron chi connectivity index (χ4n) is 2.95. The molecule has 0 aliphatic heterocycles. The third-order valence-corrected chi connectivity index (χ3v) is 4.18. The van der Waals surface area contributed by atoms with Crippen LogP contribution in [-0.4, -0.2) is 19.9 Å². The summed E-state index contributed by atoms with van der Waals surface area (Å²) in [6.07, 6.45) is 3.11. The van der Waals surface area contributed by atoms with E-state index in [1.54, 1.807) is 12.3 Å². The van der Waals surface area contributed by atoms with Crippen molar-refractivity contribution < 1.29 is 4.42 Å². The molecule has 0 saturated heterocycles. The van der Waals surface area contributed by atoms with Crippen LogP contribution in [0.2, 0.25) is 0 Å². The number of H-pyrrole nitrogens is 2. The Hall–Kier alpha value is -3.67. The Bertz CT molecular complexity index is 1250. The van der Waals surface area contributed by atoms with E-state index in [9.17, 15) is 4.79 Å². The second-order valence-electron chi connectivity index (χ2n) is 5.76. The fraction of sp³-hybridized carbons (Fsp3) is 0. The van der Waals surface area contributed by atoms with E-state index >= 15 is 0 Å². The van der Waals surface area contributed by atoms with Crippen LogP contribution in [0, 0.1) is 0 Å². The minimum absolute atomic E-state index is 0.168. The number of hydrogen-bond donors (Lipinski definition) is 2. The molecule has 6 heteroatoms. The average molecular weight is 328 g/mol. The molecule has 0 saturated carbocycles. The van der Waals surface area contributed by atoms with Gasteiger partial charge in [0.25, 0.3) is 5.56 Å². The van der Waals surface area contributed by atoms with Crippen molar-refractivity contribution in [1.82, 2.24) is 19.9 Å². The standard InChI is InChI=1S/C19H12N4O2/c24-19-13-9-14(23-18(13)21-10-22-19)11-5-6-20-15(7-11)17-8-12-3-1-2-4-16(12)25-17/h1-10H,(H2,21,22,23,24). The molecule has 0 aliphatic carbocycles. The van der Waals surface area contributed by atoms with E-state index in [1.165, 1.54) is 6.33 Å². The SMILES string of the molecule is O=c1[nH]cnc2[nH]c(-c3ccnc(-c4cc5ccccc5o4)c3)cc12. The molecule has 6 nitrogen and oxygen atoms in total. The molecule has 1 aromatic carbocycles. The van der Waals surface area contributed by atoms with Gasteiger partial charge in [-0.05, 0) is 30.3 Å². The molecular weight excluding hydrogens is 316 g/mol. The molecule has 0 spiro atoms. The summed E-state index contributed by atoms with van der Waals surface area (Å²) in [6, 6.07) is 15.4. The number of para-hydroxylation sites is 1. The first-order chi connectivity index (χ1) is 12.3. The smallest absolute Gasteiger partial charge is 0.260 e. The number of benzene rings is 1. The third-order valence-electron chi connectivity index (χ3n) is 4.18. The maximum atomic E-state index is 11.9. The predicted molar refractivity (Wildman–Crippen MR) is 95.2 cm³/mol. The minimum atomic E-state index is -0.168. The lowest BCUT2D eigenvalue weighted by atomic mass is 10.1. The Morgan fingerprint density at radius 1 is 1.00 bits per heavy atom. The molecule has 4 heterocycles. The zero-order valence-corrected chi connectivity index (χ0v) is 13.0. The zero-order valence-electron chi connectivity index (χ0n) is 13.0. The lowest BCUT2D eigenvalue weighted by Gasteiger charge is -2.00. The quantitative estimate of drug-likeness (QED) is 0.517. The van der Waals surface area contributed by atoms with Crippen LogP contribution < -0.4 is 5.56 Å². The summed E-state index contributed by atoms with van der Waals surface area (Å²) >= 11 is 0. The first kappa shape index (κ1) is 13.7. The number of furan rings is 1. The van der Waals surface area contributed by atoms with Crippen molar-refractivity contribution in [3.8, 4) is 22.7 Å². The van der Waals surface area contributed by atoms with Crippen LogP contribution >= 0.6 is 0 Å². The van der Waals surface area contributed by atoms with Crippen molar-refractivity contribution >= 4 is 22.0 Å². The van der Waals surface area contributed by atoms with Gasteiger partial charge in [0.05, 0.1) is 11.7 Å². The molecule has 0 aliphatic rings. The molecule has 120 valence electrons. The van der Waals surface area contributed by atoms with E-state index in [4.69, 9.17) is 4.42 Å². The molecule has 0 fully saturated rings. The molecule has 0 atom stereocenters. The summed E-state index contributed by atoms with van der Waals surface area (Å²) in [5.41, 5.74) is 3.65. The van der Waals surface area contributed by atoms with E-state index in [2.05, 4.69) is 19.9 Å². The van der Waals surface area contributed by atoms with E-state index in [0.29, 0.717) is 16.8 Å². The Kier molecular flexibility index (Phi) is 2.84. The van der Waals surface area contributed by atoms with Crippen molar-refractivity contribution in [3.63, 3.8) is 0 Å². The van der Waals surface area contributed by atoms with Gasteiger partial charge in [-0.3, -0.25) is 9.78 Å². The Labute approximate surface area is 141 Å². The number of hydrogen-bond acceptors (Lipinski definition) is 4. The minimum Gasteiger partial charge on any atom is -0.454 e. The highest BCUT2D eigenvalue weighted by molar-refractivity contribution is 5.84. The number of pyridine rings is 1. The summed E-state index contributed by atoms with van der Waals surface area (Å²) in [5, 5.41) is 1.56. The van der Waals surface area contributed by atoms with E-state index in [0.717, 1.165) is 27.9 Å². The van der Waals surface area contributed by atoms with Crippen LogP contribution in [0.25, 0.3) is 44.7 Å². The summed E-state index contributed by atoms with van der Waals surface area (Å²) in [6.45, 7) is 0. The Balaban J connectivity index is 1.64. The van der Waals surface area contributed by atoms with E-state index < -0.39 is 0 Å². The van der Waals surface area contributed by atoms with E-state index in [-0.39, 0.29) is 5.56 Å². The lowest BCUT2D eigenvalue weighted by Crippen LogP contribution is -2.04. The molecule has 0 radical (unpaired) electrons. The van der Waals surface area contributed by atoms with Gasteiger partial charge in [0.2, 0.25) is 0 Å². The number of aromatic nitrogens is 4. The summed E-state index contributed by atoms with van der Waals surface area (Å²) < 4.78 is 5.88. The number of aromatic amines is 2. The number of fused-ring (bicyclic) bond motifs is 2. The van der Waals surface area contributed by atoms with Crippen LogP contribution in [0.3, 0.4) is 0 Å². The second kappa shape index (κ2) is 5.17. The van der Waals surface area contributed by atoms with Crippen LogP contribution in [0.5, 0.6) is 0 Å². The fourth-order valence-corrected chi connectivity index (χ4v) is 2.95. The van der Waals surface area contributed by atoms with Gasteiger partial charge in [0.15, 0.2) is 5.76 Å². The van der Waals surface area contributed by atoms with Crippen molar-refractivity contribution in [2.24, 2.45) is 0 Å². The number of rotatable bonds is 2. The van der Waals surface area contributed by atoms with Gasteiger partial charge in [0, 0.05) is 22.8 Å². The summed E-state index contributed by atoms with van der Waals surface area (Å²) in [7, 11) is 0. The number of nitrogens with one attached hydrogen (secondary N) is 2. The van der Waals surface area contributed by atoms with Crippen molar-refractivity contribution in [2.75, 3.05) is 0 Å². The molecule has 0 bridgehead atoms. The van der Waals surface area contributed by atoms with Gasteiger partial charge in [0.1, 0.15) is 16.9 Å². The van der Waals surface area contributed by atoms with Crippen molar-refractivity contribution in [3.05, 3.63) is 71.4 Å². The molecule has 0 amide bonds. The van der Waals surface area contributed by atoms with Gasteiger partial charge in [-0.1, -0.05) is 18.2 Å². The largest absolute Gasteiger partial charge is 0.454 e. The van der Waals surface area contributed by atoms with Gasteiger partial charge < -0.3 is 14.4 Å². The average Bonchev–Trinajstić information content (AvgIpc) is 3.27. The number of nitrogens with zero attached hydrogens (tertiary/aromatic N) is 2. The van der Waals surface area contributed by atoms with Crippen LogP contribution in [0.15, 0.2) is 70.3 Å². The molecule has 5 aromatic rings. The second-order valence-corrected chi connectivity index (χ2v) is 5.76. The van der Waals surface area contributed by atoms with Gasteiger partial charge in [-0.25, -0.2) is 4.98 Å². The van der Waals surface area contributed by atoms with Gasteiger partial charge in [-0.15, -0.1) is 0 Å². The van der Waals surface area contributed by atoms with E-state index in [1.807, 2.05) is 42.5 Å². The van der Waals surface area contributed by atoms with Crippen LogP contribution in [0.1, 0.15) is 0 Å². The molecule has 2 N–H and O–H groups in total. The zero-order chi connectivity index (χ0) is 16.8. The predicted octanol–water partition coefficient (Wildman–Crippen LogP) is 3.73. The maximum Gasteiger partial charge on any atom is 0.260 e. The van der Waals surface area contributed by atoms with Gasteiger partial charge in [-0.2, -0.15) is 0 Å². The van der Waals surface area contributed by atoms with Crippen molar-refractivity contribution in [1.29, 1.82) is 0 Å². The normalized spacial score (nSPS) is 11.4. The molecule has 25 heavy (non-hydrogen) atoms. The maximum absolute atomic E-state index is 11.9. The lowest BCUT2D eigenvalue weighted by molar-refractivity contribution is 0.629. The molecular formula is C19H12N4O2. The molecule has 0 unspecified atom stereocenters. The third kappa shape index (κ3) is 2.23. The van der Waals surface area contributed by atoms with Gasteiger partial charge >= 0.3 is 0 Å². The Morgan fingerprint density at radius 2 is 1.92 bits per heavy atom. The monoisotopic (exact) mass is 328 g/mol. The topological polar surface area (TPSA) is 87.6 Å². The Morgan fingerprint density at radius 3 is 2.80 bits per heavy atom. The summed E-state index contributed by atoms with van der Waals surface area (Å²) in [4.78, 5) is 26.2. The highest BCUT2D eigenvalue weighted by Crippen LogP contribution is 2.29. The van der Waals surface area contributed by atoms with Crippen LogP contribution in [0.4, 0.5) is 0 Å². The first-order valence-corrected chi connectivity index (χ1v) is 7.80. The van der Waals surface area contributed by atoms with Crippen molar-refractivity contribution in [2.45, 2.75) is 0 Å². The first-order valence-electron chi connectivity index (χ1n) is 7.80. The van der Waals surface area contributed by atoms with Crippen LogP contribution in [-0.2, 0) is 0 Å².